The molecule has 2 rings (SSSR count). The van der Waals surface area contributed by atoms with E-state index in [1.165, 1.54) is 0 Å². The number of alkyl halides is 1. The first-order valence-electron chi connectivity index (χ1n) is 5.03. The summed E-state index contributed by atoms with van der Waals surface area (Å²) in [5.41, 5.74) is 2.24. The van der Waals surface area contributed by atoms with E-state index in [-0.39, 0.29) is 4.83 Å². The Bertz CT molecular complexity index is 532. The summed E-state index contributed by atoms with van der Waals surface area (Å²) in [5, 5.41) is 0.726. The summed E-state index contributed by atoms with van der Waals surface area (Å²) < 4.78 is 3.13. The van der Waals surface area contributed by atoms with E-state index in [1.54, 1.807) is 0 Å². The van der Waals surface area contributed by atoms with E-state index < -0.39 is 0 Å². The zero-order chi connectivity index (χ0) is 13.3. The van der Waals surface area contributed by atoms with E-state index in [4.69, 9.17) is 11.6 Å². The summed E-state index contributed by atoms with van der Waals surface area (Å²) in [5.74, 6) is 0. The fourth-order valence-corrected chi connectivity index (χ4v) is 4.47. The van der Waals surface area contributed by atoms with E-state index in [0.717, 1.165) is 29.6 Å². The molecule has 0 aromatic heterocycles. The van der Waals surface area contributed by atoms with Crippen molar-refractivity contribution in [2.24, 2.45) is 0 Å². The number of hydrogen-bond acceptors (Lipinski definition) is 0. The van der Waals surface area contributed by atoms with E-state index in [9.17, 15) is 0 Å². The van der Waals surface area contributed by atoms with Gasteiger partial charge in [0.25, 0.3) is 0 Å². The lowest BCUT2D eigenvalue weighted by Gasteiger charge is -2.15. The number of rotatable bonds is 2. The summed E-state index contributed by atoms with van der Waals surface area (Å²) >= 11 is 20.4. The zero-order valence-electron chi connectivity index (χ0n) is 8.93. The van der Waals surface area contributed by atoms with Gasteiger partial charge in [0.15, 0.2) is 0 Å². The molecule has 0 spiro atoms. The van der Waals surface area contributed by atoms with E-state index >= 15 is 0 Å². The summed E-state index contributed by atoms with van der Waals surface area (Å²) in [6.45, 7) is 0. The molecule has 0 fully saturated rings. The number of hydrogen-bond donors (Lipinski definition) is 0. The van der Waals surface area contributed by atoms with Gasteiger partial charge in [0.05, 0.1) is 4.83 Å². The second-order valence-corrected chi connectivity index (χ2v) is 7.67. The molecule has 18 heavy (non-hydrogen) atoms. The molecule has 0 radical (unpaired) electrons. The highest BCUT2D eigenvalue weighted by Gasteiger charge is 2.17. The Balaban J connectivity index is 2.50. The zero-order valence-corrected chi connectivity index (χ0v) is 16.0. The largest absolute Gasteiger partial charge is 0.0843 e. The molecule has 5 heteroatoms. The maximum absolute atomic E-state index is 6.06. The third-order valence-corrected chi connectivity index (χ3v) is 5.62. The Kier molecular flexibility index (Phi) is 5.35. The fourth-order valence-electron chi connectivity index (χ4n) is 1.59. The topological polar surface area (TPSA) is 0 Å². The molecule has 0 heterocycles. The molecule has 0 aliphatic carbocycles. The molecule has 2 aromatic rings. The van der Waals surface area contributed by atoms with Crippen LogP contribution in [-0.2, 0) is 0 Å². The van der Waals surface area contributed by atoms with Gasteiger partial charge in [0.1, 0.15) is 0 Å². The Hall–Kier alpha value is 0.650. The van der Waals surface area contributed by atoms with Gasteiger partial charge in [-0.1, -0.05) is 75.3 Å². The highest BCUT2D eigenvalue weighted by molar-refractivity contribution is 9.11. The normalized spacial score (nSPS) is 12.5. The second kappa shape index (κ2) is 6.40. The Morgan fingerprint density at radius 1 is 0.833 bits per heavy atom. The van der Waals surface area contributed by atoms with Gasteiger partial charge in [-0.2, -0.15) is 0 Å². The highest BCUT2D eigenvalue weighted by atomic mass is 79.9. The first-order chi connectivity index (χ1) is 8.49. The molecule has 0 aliphatic heterocycles. The molecule has 0 bridgehead atoms. The van der Waals surface area contributed by atoms with Crippen molar-refractivity contribution in [3.05, 3.63) is 66.0 Å². The monoisotopic (exact) mass is 514 g/mol. The van der Waals surface area contributed by atoms with Crippen LogP contribution in [0.15, 0.2) is 49.8 Å². The molecular weight excluding hydrogens is 511 g/mol. The lowest BCUT2D eigenvalue weighted by molar-refractivity contribution is 1.15. The van der Waals surface area contributed by atoms with E-state index in [0.29, 0.717) is 0 Å². The number of benzene rings is 2. The van der Waals surface area contributed by atoms with Gasteiger partial charge in [-0.05, 0) is 47.5 Å². The van der Waals surface area contributed by atoms with Crippen LogP contribution < -0.4 is 0 Å². The van der Waals surface area contributed by atoms with Crippen molar-refractivity contribution in [1.29, 1.82) is 0 Å². The Morgan fingerprint density at radius 3 is 2.06 bits per heavy atom. The van der Waals surface area contributed by atoms with Gasteiger partial charge in [-0.3, -0.25) is 0 Å². The minimum absolute atomic E-state index is 0.0671. The average molecular weight is 518 g/mol. The third-order valence-electron chi connectivity index (χ3n) is 2.46. The summed E-state index contributed by atoms with van der Waals surface area (Å²) in [7, 11) is 0. The molecule has 94 valence electrons. The molecule has 0 nitrogen and oxygen atoms in total. The lowest BCUT2D eigenvalue weighted by atomic mass is 10.1. The van der Waals surface area contributed by atoms with Crippen molar-refractivity contribution in [3.8, 4) is 0 Å². The van der Waals surface area contributed by atoms with E-state index in [2.05, 4.69) is 69.8 Å². The smallest absolute Gasteiger partial charge is 0.0667 e. The van der Waals surface area contributed by atoms with Crippen LogP contribution in [0.3, 0.4) is 0 Å². The summed E-state index contributed by atoms with van der Waals surface area (Å²) in [4.78, 5) is 0.0671. The van der Waals surface area contributed by atoms with Gasteiger partial charge < -0.3 is 0 Å². The Labute approximate surface area is 145 Å². The first kappa shape index (κ1) is 15.0. The van der Waals surface area contributed by atoms with Crippen LogP contribution in [0, 0.1) is 0 Å². The van der Waals surface area contributed by atoms with Crippen LogP contribution in [-0.4, -0.2) is 0 Å². The minimum atomic E-state index is 0.0671. The number of halogens is 5. The molecular formula is C13H7Br4Cl. The van der Waals surface area contributed by atoms with Gasteiger partial charge in [0, 0.05) is 18.4 Å². The quantitative estimate of drug-likeness (QED) is 0.372. The molecule has 0 amide bonds. The van der Waals surface area contributed by atoms with Gasteiger partial charge in [-0.15, -0.1) is 0 Å². The summed E-state index contributed by atoms with van der Waals surface area (Å²) in [6, 6.07) is 11.9. The second-order valence-electron chi connectivity index (χ2n) is 3.69. The van der Waals surface area contributed by atoms with Crippen LogP contribution in [0.5, 0.6) is 0 Å². The molecule has 0 aliphatic rings. The minimum Gasteiger partial charge on any atom is -0.0843 e. The molecule has 0 saturated carbocycles. The van der Waals surface area contributed by atoms with Crippen molar-refractivity contribution in [3.63, 3.8) is 0 Å². The molecule has 0 N–H and O–H groups in total. The molecule has 1 unspecified atom stereocenters. The standard InChI is InChI=1S/C13H7Br4Cl/c14-7-1-3-11(15)9(5-7)13(17)10-6-8(18)2-4-12(10)16/h1-6,13H. The van der Waals surface area contributed by atoms with Crippen molar-refractivity contribution >= 4 is 75.3 Å². The maximum Gasteiger partial charge on any atom is 0.0667 e. The van der Waals surface area contributed by atoms with Crippen molar-refractivity contribution in [2.45, 2.75) is 4.83 Å². The predicted molar refractivity (Wildman–Crippen MR) is 91.8 cm³/mol. The average Bonchev–Trinajstić information content (AvgIpc) is 2.34. The van der Waals surface area contributed by atoms with Crippen LogP contribution in [0.25, 0.3) is 0 Å². The van der Waals surface area contributed by atoms with Crippen LogP contribution in [0.4, 0.5) is 0 Å². The first-order valence-corrected chi connectivity index (χ1v) is 8.70. The van der Waals surface area contributed by atoms with E-state index in [1.807, 2.05) is 30.3 Å². The van der Waals surface area contributed by atoms with Gasteiger partial charge >= 0.3 is 0 Å². The summed E-state index contributed by atoms with van der Waals surface area (Å²) in [6.07, 6.45) is 0. The van der Waals surface area contributed by atoms with Crippen LogP contribution >= 0.6 is 75.3 Å². The van der Waals surface area contributed by atoms with Crippen molar-refractivity contribution in [1.82, 2.24) is 0 Å². The SMILES string of the molecule is Clc1ccc(Br)c(C(Br)c2cc(Br)ccc2Br)c1. The maximum atomic E-state index is 6.06. The van der Waals surface area contributed by atoms with Crippen molar-refractivity contribution in [2.75, 3.05) is 0 Å². The van der Waals surface area contributed by atoms with Gasteiger partial charge in [-0.25, -0.2) is 0 Å². The van der Waals surface area contributed by atoms with Crippen LogP contribution in [0.2, 0.25) is 5.02 Å². The van der Waals surface area contributed by atoms with Gasteiger partial charge in [0.2, 0.25) is 0 Å². The lowest BCUT2D eigenvalue weighted by Crippen LogP contribution is -1.95. The third kappa shape index (κ3) is 3.40. The fraction of sp³-hybridized carbons (Fsp3) is 0.0769. The molecule has 1 atom stereocenters. The molecule has 0 saturated heterocycles. The predicted octanol–water partition coefficient (Wildman–Crippen LogP) is 7.11. The highest BCUT2D eigenvalue weighted by Crippen LogP contribution is 2.40. The van der Waals surface area contributed by atoms with Crippen molar-refractivity contribution < 1.29 is 0 Å². The molecule has 2 aromatic carbocycles. The van der Waals surface area contributed by atoms with Crippen LogP contribution in [0.1, 0.15) is 16.0 Å². The Morgan fingerprint density at radius 2 is 1.39 bits per heavy atom.